The van der Waals surface area contributed by atoms with Crippen LogP contribution in [0.4, 0.5) is 5.69 Å². The second-order valence-electron chi connectivity index (χ2n) is 2.19. The van der Waals surface area contributed by atoms with Crippen LogP contribution in [-0.2, 0) is 0 Å². The number of benzene rings is 1. The van der Waals surface area contributed by atoms with Gasteiger partial charge in [0, 0.05) is 7.05 Å². The van der Waals surface area contributed by atoms with Crippen LogP contribution in [0.1, 0.15) is 5.56 Å². The molecule has 0 atom stereocenters. The number of hydrogen-bond acceptors (Lipinski definition) is 2. The molecule has 1 aromatic rings. The van der Waals surface area contributed by atoms with E-state index in [4.69, 9.17) is 6.57 Å². The highest BCUT2D eigenvalue weighted by Gasteiger charge is 1.92. The van der Waals surface area contributed by atoms with E-state index in [0.29, 0.717) is 11.3 Å². The van der Waals surface area contributed by atoms with Gasteiger partial charge in [0.15, 0.2) is 5.69 Å². The molecule has 60 valence electrons. The van der Waals surface area contributed by atoms with Crippen LogP contribution in [-0.4, -0.2) is 12.9 Å². The quantitative estimate of drug-likeness (QED) is 0.342. The van der Waals surface area contributed by atoms with E-state index in [9.17, 15) is 5.11 Å². The molecule has 0 unspecified atom stereocenters. The fraction of sp³-hybridized carbons (Fsp3) is 0.111. The highest BCUT2D eigenvalue weighted by Crippen LogP contribution is 2.12. The molecule has 0 fully saturated rings. The van der Waals surface area contributed by atoms with Crippen LogP contribution >= 0.6 is 0 Å². The maximum Gasteiger partial charge on any atom is 0.187 e. The molecule has 0 bridgehead atoms. The Morgan fingerprint density at radius 1 is 1.58 bits per heavy atom. The van der Waals surface area contributed by atoms with E-state index in [0.717, 1.165) is 0 Å². The summed E-state index contributed by atoms with van der Waals surface area (Å²) in [5.74, 6) is -0.291. The van der Waals surface area contributed by atoms with Crippen molar-refractivity contribution in [1.29, 1.82) is 0 Å². The molecular weight excluding hydrogens is 152 g/mol. The molecule has 0 aromatic heterocycles. The summed E-state index contributed by atoms with van der Waals surface area (Å²) in [6.45, 7) is 6.72. The van der Waals surface area contributed by atoms with Crippen molar-refractivity contribution in [3.63, 3.8) is 0 Å². The predicted octanol–water partition coefficient (Wildman–Crippen LogP) is 0.974. The molecule has 0 saturated carbocycles. The summed E-state index contributed by atoms with van der Waals surface area (Å²) in [6, 6.07) is 6.50. The minimum Gasteiger partial charge on any atom is -0.859 e. The van der Waals surface area contributed by atoms with E-state index in [1.807, 2.05) is 0 Å². The first-order chi connectivity index (χ1) is 5.77. The first-order valence-electron chi connectivity index (χ1n) is 3.39. The van der Waals surface area contributed by atoms with Crippen LogP contribution in [0.5, 0.6) is 0 Å². The average Bonchev–Trinajstić information content (AvgIpc) is 2.17. The zero-order valence-corrected chi connectivity index (χ0v) is 6.61. The first-order valence-corrected chi connectivity index (χ1v) is 3.39. The zero-order chi connectivity index (χ0) is 8.97. The Morgan fingerprint density at radius 2 is 2.33 bits per heavy atom. The maximum absolute atomic E-state index is 11.0. The molecule has 0 amide bonds. The first kappa shape index (κ1) is 8.28. The number of rotatable bonds is 1. The van der Waals surface area contributed by atoms with Crippen LogP contribution in [0.3, 0.4) is 0 Å². The Hall–Kier alpha value is -1.82. The molecule has 0 heterocycles. The van der Waals surface area contributed by atoms with Crippen molar-refractivity contribution in [2.45, 2.75) is 0 Å². The lowest BCUT2D eigenvalue weighted by Gasteiger charge is -2.08. The summed E-state index contributed by atoms with van der Waals surface area (Å²) in [5, 5.41) is 11.0. The van der Waals surface area contributed by atoms with E-state index >= 15 is 0 Å². The third kappa shape index (κ3) is 1.61. The van der Waals surface area contributed by atoms with Crippen molar-refractivity contribution >= 4 is 11.6 Å². The highest BCUT2D eigenvalue weighted by molar-refractivity contribution is 5.91. The van der Waals surface area contributed by atoms with Gasteiger partial charge >= 0.3 is 0 Å². The molecule has 0 aliphatic carbocycles. The van der Waals surface area contributed by atoms with E-state index in [1.165, 1.54) is 13.1 Å². The Balaban J connectivity index is 3.12. The highest BCUT2D eigenvalue weighted by atomic mass is 16.3. The van der Waals surface area contributed by atoms with Gasteiger partial charge in [-0.3, -0.25) is 0 Å². The standard InChI is InChI=1S/C9H8N2O/c1-10-8-5-3-4-7(6-8)9(12)11-2/h3-6H,2H3,(H,11,12)/p-1. The van der Waals surface area contributed by atoms with E-state index in [1.54, 1.807) is 18.2 Å². The SMILES string of the molecule is [C-]#[N+]c1cccc(C([O-])=NC)c1. The summed E-state index contributed by atoms with van der Waals surface area (Å²) in [5.41, 5.74) is 0.926. The molecule has 3 nitrogen and oxygen atoms in total. The molecule has 1 aromatic carbocycles. The van der Waals surface area contributed by atoms with E-state index in [-0.39, 0.29) is 5.90 Å². The van der Waals surface area contributed by atoms with Crippen LogP contribution in [0, 0.1) is 6.57 Å². The van der Waals surface area contributed by atoms with Crippen LogP contribution in [0.25, 0.3) is 4.85 Å². The van der Waals surface area contributed by atoms with Gasteiger partial charge in [-0.25, -0.2) is 4.85 Å². The van der Waals surface area contributed by atoms with Gasteiger partial charge < -0.3 is 10.1 Å². The summed E-state index contributed by atoms with van der Waals surface area (Å²) in [7, 11) is 1.44. The molecule has 0 N–H and O–H groups in total. The largest absolute Gasteiger partial charge is 0.859 e. The lowest BCUT2D eigenvalue weighted by atomic mass is 10.2. The second-order valence-corrected chi connectivity index (χ2v) is 2.19. The normalized spacial score (nSPS) is 10.8. The Labute approximate surface area is 70.8 Å². The van der Waals surface area contributed by atoms with Gasteiger partial charge in [0.1, 0.15) is 0 Å². The van der Waals surface area contributed by atoms with Gasteiger partial charge in [-0.2, -0.15) is 0 Å². The fourth-order valence-electron chi connectivity index (χ4n) is 0.838. The van der Waals surface area contributed by atoms with Gasteiger partial charge in [0.25, 0.3) is 0 Å². The van der Waals surface area contributed by atoms with Crippen molar-refractivity contribution in [1.82, 2.24) is 0 Å². The maximum atomic E-state index is 11.0. The molecule has 12 heavy (non-hydrogen) atoms. The predicted molar refractivity (Wildman–Crippen MR) is 45.2 cm³/mol. The lowest BCUT2D eigenvalue weighted by molar-refractivity contribution is -0.213. The number of hydrogen-bond donors (Lipinski definition) is 0. The topological polar surface area (TPSA) is 39.8 Å². The third-order valence-corrected chi connectivity index (χ3v) is 1.43. The molecular formula is C9H7N2O-. The third-order valence-electron chi connectivity index (χ3n) is 1.43. The number of nitrogens with zero attached hydrogens (tertiary/aromatic N) is 2. The molecule has 1 rings (SSSR count). The van der Waals surface area contributed by atoms with Gasteiger partial charge in [-0.1, -0.05) is 18.2 Å². The van der Waals surface area contributed by atoms with Crippen molar-refractivity contribution in [3.05, 3.63) is 41.2 Å². The minimum absolute atomic E-state index is 0.291. The van der Waals surface area contributed by atoms with E-state index < -0.39 is 0 Å². The molecule has 3 heteroatoms. The Kier molecular flexibility index (Phi) is 2.44. The van der Waals surface area contributed by atoms with Crippen molar-refractivity contribution in [2.75, 3.05) is 7.05 Å². The Bertz CT molecular complexity index is 350. The molecule has 0 radical (unpaired) electrons. The zero-order valence-electron chi connectivity index (χ0n) is 6.61. The Morgan fingerprint density at radius 3 is 2.92 bits per heavy atom. The van der Waals surface area contributed by atoms with Crippen molar-refractivity contribution < 1.29 is 5.11 Å². The van der Waals surface area contributed by atoms with Crippen LogP contribution in [0.2, 0.25) is 0 Å². The summed E-state index contributed by atoms with van der Waals surface area (Å²) in [4.78, 5) is 6.70. The van der Waals surface area contributed by atoms with E-state index in [2.05, 4.69) is 9.84 Å². The smallest absolute Gasteiger partial charge is 0.187 e. The second kappa shape index (κ2) is 3.54. The van der Waals surface area contributed by atoms with Crippen molar-refractivity contribution in [3.8, 4) is 0 Å². The fourth-order valence-corrected chi connectivity index (χ4v) is 0.838. The van der Waals surface area contributed by atoms with Gasteiger partial charge in [0.05, 0.1) is 6.57 Å². The van der Waals surface area contributed by atoms with Gasteiger partial charge in [-0.15, -0.1) is 0 Å². The lowest BCUT2D eigenvalue weighted by Crippen LogP contribution is -2.18. The molecule has 0 spiro atoms. The van der Waals surface area contributed by atoms with Crippen molar-refractivity contribution in [2.24, 2.45) is 4.99 Å². The summed E-state index contributed by atoms with van der Waals surface area (Å²) in [6.07, 6.45) is 0. The van der Waals surface area contributed by atoms with Crippen LogP contribution in [0.15, 0.2) is 29.3 Å². The molecule has 0 saturated heterocycles. The summed E-state index contributed by atoms with van der Waals surface area (Å²) < 4.78 is 0. The molecule has 0 aliphatic rings. The number of aliphatic imine (C=N–C) groups is 1. The van der Waals surface area contributed by atoms with Gasteiger partial charge in [-0.05, 0) is 17.5 Å². The molecule has 0 aliphatic heterocycles. The monoisotopic (exact) mass is 159 g/mol. The van der Waals surface area contributed by atoms with Gasteiger partial charge in [0.2, 0.25) is 0 Å². The summed E-state index contributed by atoms with van der Waals surface area (Å²) >= 11 is 0. The van der Waals surface area contributed by atoms with Crippen LogP contribution < -0.4 is 5.11 Å². The minimum atomic E-state index is -0.291. The average molecular weight is 159 g/mol.